The fourth-order valence-corrected chi connectivity index (χ4v) is 2.38. The Bertz CT molecular complexity index is 772. The highest BCUT2D eigenvalue weighted by molar-refractivity contribution is 6.05. The summed E-state index contributed by atoms with van der Waals surface area (Å²) in [6.07, 6.45) is 6.85. The van der Waals surface area contributed by atoms with Crippen molar-refractivity contribution in [3.05, 3.63) is 65.5 Å². The third-order valence-corrected chi connectivity index (χ3v) is 3.68. The Morgan fingerprint density at radius 2 is 1.60 bits per heavy atom. The van der Waals surface area contributed by atoms with Gasteiger partial charge in [0.25, 0.3) is 0 Å². The normalized spacial score (nSPS) is 13.5. The third kappa shape index (κ3) is 3.85. The average Bonchev–Trinajstić information content (AvgIpc) is 2.89. The van der Waals surface area contributed by atoms with Gasteiger partial charge in [-0.2, -0.15) is 0 Å². The molecule has 0 aliphatic carbocycles. The number of hydrogen-bond donors (Lipinski definition) is 0. The van der Waals surface area contributed by atoms with Crippen molar-refractivity contribution in [2.24, 2.45) is 0 Å². The molecule has 1 aliphatic rings. The number of carbonyl (C=O) groups is 3. The van der Waals surface area contributed by atoms with E-state index >= 15 is 0 Å². The zero-order valence-electron chi connectivity index (χ0n) is 14.3. The molecule has 0 aromatic heterocycles. The van der Waals surface area contributed by atoms with E-state index in [4.69, 9.17) is 9.47 Å². The van der Waals surface area contributed by atoms with Gasteiger partial charge < -0.3 is 14.4 Å². The van der Waals surface area contributed by atoms with Crippen LogP contribution in [0.3, 0.4) is 0 Å². The number of Topliss-reactive ketones (excluding diaryl/α,β-unsaturated/α-hetero) is 1. The van der Waals surface area contributed by atoms with Crippen LogP contribution in [0.25, 0.3) is 0 Å². The van der Waals surface area contributed by atoms with E-state index in [2.05, 4.69) is 0 Å². The Kier molecular flexibility index (Phi) is 5.89. The highest BCUT2D eigenvalue weighted by Crippen LogP contribution is 2.26. The van der Waals surface area contributed by atoms with E-state index in [0.717, 1.165) is 0 Å². The van der Waals surface area contributed by atoms with Crippen LogP contribution in [-0.2, 0) is 19.1 Å². The number of esters is 2. The summed E-state index contributed by atoms with van der Waals surface area (Å²) in [6.45, 7) is 1.79. The van der Waals surface area contributed by atoms with Crippen molar-refractivity contribution in [1.29, 1.82) is 0 Å². The van der Waals surface area contributed by atoms with Crippen molar-refractivity contribution < 1.29 is 23.9 Å². The first-order valence-electron chi connectivity index (χ1n) is 7.71. The van der Waals surface area contributed by atoms with Crippen LogP contribution in [0.15, 0.2) is 60.0 Å². The van der Waals surface area contributed by atoms with Gasteiger partial charge in [-0.1, -0.05) is 13.0 Å². The summed E-state index contributed by atoms with van der Waals surface area (Å²) in [7, 11) is 2.48. The molecule has 0 amide bonds. The fraction of sp³-hybridized carbons (Fsp3) is 0.211. The number of ether oxygens (including phenoxy) is 2. The maximum absolute atomic E-state index is 12.3. The first-order valence-corrected chi connectivity index (χ1v) is 7.71. The SMILES string of the molecule is CCC(=O)c1ccc(N2C=CC=CC(C(=O)OC)=C2C(=O)OC)cc1. The van der Waals surface area contributed by atoms with Gasteiger partial charge in [0.1, 0.15) is 5.70 Å². The minimum absolute atomic E-state index is 0.0265. The Labute approximate surface area is 146 Å². The predicted molar refractivity (Wildman–Crippen MR) is 92.9 cm³/mol. The summed E-state index contributed by atoms with van der Waals surface area (Å²) < 4.78 is 9.60. The highest BCUT2D eigenvalue weighted by atomic mass is 16.5. The van der Waals surface area contributed by atoms with E-state index in [1.807, 2.05) is 0 Å². The fourth-order valence-electron chi connectivity index (χ4n) is 2.38. The molecule has 25 heavy (non-hydrogen) atoms. The molecule has 1 heterocycles. The van der Waals surface area contributed by atoms with Gasteiger partial charge in [0.15, 0.2) is 5.78 Å². The lowest BCUT2D eigenvalue weighted by molar-refractivity contribution is -0.139. The lowest BCUT2D eigenvalue weighted by Gasteiger charge is -2.23. The third-order valence-electron chi connectivity index (χ3n) is 3.68. The standard InChI is InChI=1S/C19H19NO5/c1-4-16(21)13-8-10-14(11-9-13)20-12-6-5-7-15(18(22)24-2)17(20)19(23)25-3/h5-12H,4H2,1-3H3. The zero-order chi connectivity index (χ0) is 18.4. The van der Waals surface area contributed by atoms with E-state index in [9.17, 15) is 14.4 Å². The van der Waals surface area contributed by atoms with Crippen molar-refractivity contribution in [3.63, 3.8) is 0 Å². The lowest BCUT2D eigenvalue weighted by atomic mass is 10.1. The molecular weight excluding hydrogens is 322 g/mol. The summed E-state index contributed by atoms with van der Waals surface area (Å²) >= 11 is 0. The van der Waals surface area contributed by atoms with Crippen molar-refractivity contribution in [2.45, 2.75) is 13.3 Å². The van der Waals surface area contributed by atoms with E-state index < -0.39 is 11.9 Å². The van der Waals surface area contributed by atoms with Gasteiger partial charge in [-0.05, 0) is 36.4 Å². The summed E-state index contributed by atoms with van der Waals surface area (Å²) in [5, 5.41) is 0. The van der Waals surface area contributed by atoms with E-state index in [1.54, 1.807) is 49.5 Å². The van der Waals surface area contributed by atoms with Gasteiger partial charge in [-0.3, -0.25) is 4.79 Å². The second kappa shape index (κ2) is 8.10. The van der Waals surface area contributed by atoms with E-state index in [1.165, 1.54) is 25.2 Å². The Morgan fingerprint density at radius 1 is 0.960 bits per heavy atom. The van der Waals surface area contributed by atoms with Gasteiger partial charge in [0.2, 0.25) is 0 Å². The largest absolute Gasteiger partial charge is 0.465 e. The van der Waals surface area contributed by atoms with Crippen molar-refractivity contribution in [2.75, 3.05) is 19.1 Å². The molecule has 0 unspecified atom stereocenters. The number of hydrogen-bond acceptors (Lipinski definition) is 6. The second-order valence-electron chi connectivity index (χ2n) is 5.14. The maximum Gasteiger partial charge on any atom is 0.355 e. The summed E-state index contributed by atoms with van der Waals surface area (Å²) in [5.74, 6) is -1.30. The van der Waals surface area contributed by atoms with E-state index in [-0.39, 0.29) is 17.1 Å². The summed E-state index contributed by atoms with van der Waals surface area (Å²) in [4.78, 5) is 37.7. The molecule has 6 heteroatoms. The number of carbonyl (C=O) groups excluding carboxylic acids is 3. The smallest absolute Gasteiger partial charge is 0.355 e. The molecule has 0 bridgehead atoms. The average molecular weight is 341 g/mol. The maximum atomic E-state index is 12.3. The topological polar surface area (TPSA) is 72.9 Å². The quantitative estimate of drug-likeness (QED) is 0.606. The van der Waals surface area contributed by atoms with Crippen LogP contribution in [0.4, 0.5) is 5.69 Å². The minimum Gasteiger partial charge on any atom is -0.465 e. The number of allylic oxidation sites excluding steroid dienone is 2. The van der Waals surface area contributed by atoms with Gasteiger partial charge in [-0.25, -0.2) is 9.59 Å². The zero-order valence-corrected chi connectivity index (χ0v) is 14.3. The monoisotopic (exact) mass is 341 g/mol. The molecule has 1 aromatic rings. The predicted octanol–water partition coefficient (Wildman–Crippen LogP) is 2.77. The summed E-state index contributed by atoms with van der Waals surface area (Å²) in [6, 6.07) is 6.77. The Morgan fingerprint density at radius 3 is 2.16 bits per heavy atom. The molecule has 0 fully saturated rings. The molecule has 6 nitrogen and oxygen atoms in total. The first-order chi connectivity index (χ1) is 12.0. The molecule has 0 atom stereocenters. The number of nitrogens with zero attached hydrogens (tertiary/aromatic N) is 1. The summed E-state index contributed by atoms with van der Waals surface area (Å²) in [5.41, 5.74) is 1.30. The molecule has 1 aromatic carbocycles. The first kappa shape index (κ1) is 18.2. The van der Waals surface area contributed by atoms with Crippen molar-refractivity contribution in [1.82, 2.24) is 0 Å². The number of methoxy groups -OCH3 is 2. The van der Waals surface area contributed by atoms with Crippen molar-refractivity contribution in [3.8, 4) is 0 Å². The van der Waals surface area contributed by atoms with Crippen LogP contribution >= 0.6 is 0 Å². The van der Waals surface area contributed by atoms with Gasteiger partial charge in [0, 0.05) is 23.9 Å². The van der Waals surface area contributed by atoms with Crippen LogP contribution in [0, 0.1) is 0 Å². The Hall–Kier alpha value is -3.15. The highest BCUT2D eigenvalue weighted by Gasteiger charge is 2.27. The molecule has 0 radical (unpaired) electrons. The number of benzene rings is 1. The van der Waals surface area contributed by atoms with Gasteiger partial charge in [-0.15, -0.1) is 0 Å². The molecule has 0 spiro atoms. The van der Waals surface area contributed by atoms with Crippen LogP contribution < -0.4 is 4.90 Å². The molecular formula is C19H19NO5. The van der Waals surface area contributed by atoms with Crippen LogP contribution in [0.1, 0.15) is 23.7 Å². The van der Waals surface area contributed by atoms with Crippen molar-refractivity contribution >= 4 is 23.4 Å². The van der Waals surface area contributed by atoms with Crippen LogP contribution in [0.5, 0.6) is 0 Å². The van der Waals surface area contributed by atoms with Crippen LogP contribution in [0.2, 0.25) is 0 Å². The number of rotatable bonds is 5. The molecule has 1 aliphatic heterocycles. The van der Waals surface area contributed by atoms with Gasteiger partial charge >= 0.3 is 11.9 Å². The van der Waals surface area contributed by atoms with Crippen LogP contribution in [-0.4, -0.2) is 31.9 Å². The van der Waals surface area contributed by atoms with Gasteiger partial charge in [0.05, 0.1) is 19.8 Å². The molecule has 130 valence electrons. The van der Waals surface area contributed by atoms with E-state index in [0.29, 0.717) is 17.7 Å². The lowest BCUT2D eigenvalue weighted by Crippen LogP contribution is -2.26. The molecule has 0 saturated carbocycles. The molecule has 0 N–H and O–H groups in total. The number of ketones is 1. The second-order valence-corrected chi connectivity index (χ2v) is 5.14. The number of anilines is 1. The molecule has 2 rings (SSSR count). The Balaban J connectivity index is 2.54. The molecule has 0 saturated heterocycles. The minimum atomic E-state index is -0.676.